The molecule has 112 valence electrons. The number of benzene rings is 2. The highest BCUT2D eigenvalue weighted by molar-refractivity contribution is 6.37. The van der Waals surface area contributed by atoms with E-state index in [1.807, 2.05) is 0 Å². The zero-order chi connectivity index (χ0) is 16.3. The van der Waals surface area contributed by atoms with Gasteiger partial charge in [-0.05, 0) is 6.07 Å². The summed E-state index contributed by atoms with van der Waals surface area (Å²) in [6.45, 7) is 1.23. The number of ketones is 1. The van der Waals surface area contributed by atoms with Gasteiger partial charge in [0, 0.05) is 36.4 Å². The first kappa shape index (κ1) is 15.7. The Hall–Kier alpha value is -2.73. The van der Waals surface area contributed by atoms with Gasteiger partial charge < -0.3 is 0 Å². The molecule has 2 rings (SSSR count). The van der Waals surface area contributed by atoms with Crippen LogP contribution in [-0.2, 0) is 4.79 Å². The van der Waals surface area contributed by atoms with Crippen LogP contribution in [-0.4, -0.2) is 16.6 Å². The molecule has 0 radical (unpaired) electrons. The summed E-state index contributed by atoms with van der Waals surface area (Å²) in [5.41, 5.74) is 0.189. The van der Waals surface area contributed by atoms with Crippen LogP contribution in [0, 0.1) is 10.1 Å². The Bertz CT molecular complexity index is 746. The molecule has 0 fully saturated rings. The maximum atomic E-state index is 12.5. The lowest BCUT2D eigenvalue weighted by molar-refractivity contribution is -0.384. The summed E-state index contributed by atoms with van der Waals surface area (Å²) in [5, 5.41) is 10.9. The van der Waals surface area contributed by atoms with E-state index in [1.165, 1.54) is 19.1 Å². The number of carbonyl (C=O) groups excluding carboxylic acids is 2. The Morgan fingerprint density at radius 3 is 2.32 bits per heavy atom. The monoisotopic (exact) mass is 318 g/mol. The van der Waals surface area contributed by atoms with Crippen molar-refractivity contribution < 1.29 is 14.5 Å². The first-order valence-corrected chi connectivity index (χ1v) is 6.60. The normalized spacial score (nSPS) is 10.1. The number of nitro benzene ring substituents is 1. The second-order valence-corrected chi connectivity index (χ2v) is 4.79. The molecule has 6 nitrogen and oxygen atoms in total. The molecule has 0 bridgehead atoms. The number of hydrogen-bond acceptors (Lipinski definition) is 4. The van der Waals surface area contributed by atoms with E-state index in [-0.39, 0.29) is 16.9 Å². The molecule has 1 amide bonds. The van der Waals surface area contributed by atoms with Gasteiger partial charge in [-0.15, -0.1) is 0 Å². The van der Waals surface area contributed by atoms with Crippen LogP contribution >= 0.6 is 11.8 Å². The van der Waals surface area contributed by atoms with Crippen LogP contribution in [0.1, 0.15) is 22.8 Å². The lowest BCUT2D eigenvalue weighted by Crippen LogP contribution is -2.19. The van der Waals surface area contributed by atoms with Crippen LogP contribution in [0.5, 0.6) is 0 Å². The fraction of sp³-hybridized carbons (Fsp3) is 0.0667. The number of rotatable bonds is 4. The fourth-order valence-electron chi connectivity index (χ4n) is 1.91. The molecule has 0 aliphatic heterocycles. The summed E-state index contributed by atoms with van der Waals surface area (Å²) < 4.78 is 0.764. The number of amides is 1. The quantitative estimate of drug-likeness (QED) is 0.375. The SMILES string of the molecule is CC(=O)N(Cl)c1ccc([N+](=O)[O-])cc1C(=O)c1ccccc1. The van der Waals surface area contributed by atoms with Gasteiger partial charge in [-0.25, -0.2) is 4.42 Å². The van der Waals surface area contributed by atoms with E-state index < -0.39 is 16.6 Å². The van der Waals surface area contributed by atoms with Gasteiger partial charge in [0.1, 0.15) is 0 Å². The molecule has 0 N–H and O–H groups in total. The third kappa shape index (κ3) is 3.12. The third-order valence-corrected chi connectivity index (χ3v) is 3.38. The zero-order valence-electron chi connectivity index (χ0n) is 11.5. The van der Waals surface area contributed by atoms with Crippen molar-refractivity contribution in [2.24, 2.45) is 0 Å². The number of non-ortho nitro benzene ring substituents is 1. The number of carbonyl (C=O) groups is 2. The molecule has 2 aromatic rings. The van der Waals surface area contributed by atoms with Gasteiger partial charge >= 0.3 is 0 Å². The van der Waals surface area contributed by atoms with E-state index in [0.717, 1.165) is 10.5 Å². The summed E-state index contributed by atoms with van der Waals surface area (Å²) in [6.07, 6.45) is 0. The van der Waals surface area contributed by atoms with E-state index in [2.05, 4.69) is 0 Å². The van der Waals surface area contributed by atoms with Crippen molar-refractivity contribution >= 4 is 34.8 Å². The average Bonchev–Trinajstić information content (AvgIpc) is 2.53. The van der Waals surface area contributed by atoms with Crippen molar-refractivity contribution in [3.63, 3.8) is 0 Å². The predicted octanol–water partition coefficient (Wildman–Crippen LogP) is 3.33. The minimum absolute atomic E-state index is 0.00870. The summed E-state index contributed by atoms with van der Waals surface area (Å²) in [7, 11) is 0. The fourth-order valence-corrected chi connectivity index (χ4v) is 2.05. The van der Waals surface area contributed by atoms with E-state index >= 15 is 0 Å². The maximum Gasteiger partial charge on any atom is 0.270 e. The molecule has 0 aliphatic rings. The van der Waals surface area contributed by atoms with Gasteiger partial charge in [0.2, 0.25) is 5.91 Å². The van der Waals surface area contributed by atoms with Crippen molar-refractivity contribution in [1.29, 1.82) is 0 Å². The van der Waals surface area contributed by atoms with Crippen molar-refractivity contribution in [3.05, 3.63) is 69.8 Å². The van der Waals surface area contributed by atoms with Gasteiger partial charge in [0.25, 0.3) is 5.69 Å². The molecule has 0 aromatic heterocycles. The Labute approximate surface area is 131 Å². The number of halogens is 1. The highest BCUT2D eigenvalue weighted by Gasteiger charge is 2.22. The Balaban J connectivity index is 2.59. The van der Waals surface area contributed by atoms with E-state index in [9.17, 15) is 19.7 Å². The van der Waals surface area contributed by atoms with Crippen molar-refractivity contribution in [3.8, 4) is 0 Å². The minimum Gasteiger partial charge on any atom is -0.289 e. The summed E-state index contributed by atoms with van der Waals surface area (Å²) in [5.74, 6) is -0.955. The first-order valence-electron chi connectivity index (χ1n) is 6.26. The Kier molecular flexibility index (Phi) is 4.53. The molecule has 22 heavy (non-hydrogen) atoms. The highest BCUT2D eigenvalue weighted by Crippen LogP contribution is 2.29. The Morgan fingerprint density at radius 2 is 1.77 bits per heavy atom. The van der Waals surface area contributed by atoms with Crippen molar-refractivity contribution in [2.45, 2.75) is 6.92 Å². The average molecular weight is 319 g/mol. The van der Waals surface area contributed by atoms with Crippen LogP contribution in [0.25, 0.3) is 0 Å². The van der Waals surface area contributed by atoms with Crippen LogP contribution in [0.4, 0.5) is 11.4 Å². The third-order valence-electron chi connectivity index (χ3n) is 2.96. The highest BCUT2D eigenvalue weighted by atomic mass is 35.5. The van der Waals surface area contributed by atoms with Crippen LogP contribution in [0.3, 0.4) is 0 Å². The van der Waals surface area contributed by atoms with Crippen LogP contribution < -0.4 is 4.42 Å². The minimum atomic E-state index is -0.613. The van der Waals surface area contributed by atoms with E-state index in [1.54, 1.807) is 30.3 Å². The van der Waals surface area contributed by atoms with Crippen LogP contribution in [0.15, 0.2) is 48.5 Å². The number of anilines is 1. The number of hydrogen-bond donors (Lipinski definition) is 0. The molecule has 0 aliphatic carbocycles. The topological polar surface area (TPSA) is 80.5 Å². The molecule has 0 unspecified atom stereocenters. The lowest BCUT2D eigenvalue weighted by atomic mass is 10.0. The molecule has 2 aromatic carbocycles. The van der Waals surface area contributed by atoms with Gasteiger partial charge in [0.15, 0.2) is 5.78 Å². The largest absolute Gasteiger partial charge is 0.289 e. The standard InChI is InChI=1S/C15H11ClN2O4/c1-10(19)17(16)14-8-7-12(18(21)22)9-13(14)15(20)11-5-3-2-4-6-11/h2-9H,1H3. The van der Waals surface area contributed by atoms with Crippen molar-refractivity contribution in [2.75, 3.05) is 4.42 Å². The van der Waals surface area contributed by atoms with Crippen LogP contribution in [0.2, 0.25) is 0 Å². The van der Waals surface area contributed by atoms with Crippen molar-refractivity contribution in [1.82, 2.24) is 0 Å². The summed E-state index contributed by atoms with van der Waals surface area (Å²) in [4.78, 5) is 34.3. The first-order chi connectivity index (χ1) is 10.4. The number of nitro groups is 1. The van der Waals surface area contributed by atoms with E-state index in [4.69, 9.17) is 11.8 Å². The lowest BCUT2D eigenvalue weighted by Gasteiger charge is -2.15. The number of nitrogens with zero attached hydrogens (tertiary/aromatic N) is 2. The smallest absolute Gasteiger partial charge is 0.270 e. The molecule has 7 heteroatoms. The van der Waals surface area contributed by atoms with Gasteiger partial charge in [-0.2, -0.15) is 0 Å². The van der Waals surface area contributed by atoms with Gasteiger partial charge in [0.05, 0.1) is 16.2 Å². The molecular weight excluding hydrogens is 308 g/mol. The molecule has 0 heterocycles. The second kappa shape index (κ2) is 6.36. The second-order valence-electron chi connectivity index (χ2n) is 4.45. The summed E-state index contributed by atoms with van der Waals surface area (Å²) >= 11 is 5.87. The molecule has 0 saturated carbocycles. The maximum absolute atomic E-state index is 12.5. The molecule has 0 atom stereocenters. The van der Waals surface area contributed by atoms with Gasteiger partial charge in [-0.3, -0.25) is 19.7 Å². The molecular formula is C15H11ClN2O4. The summed E-state index contributed by atoms with van der Waals surface area (Å²) in [6, 6.07) is 11.8. The zero-order valence-corrected chi connectivity index (χ0v) is 12.3. The van der Waals surface area contributed by atoms with Gasteiger partial charge in [-0.1, -0.05) is 30.3 Å². The molecule has 0 saturated heterocycles. The predicted molar refractivity (Wildman–Crippen MR) is 82.0 cm³/mol. The molecule has 0 spiro atoms. The Morgan fingerprint density at radius 1 is 1.14 bits per heavy atom. The van der Waals surface area contributed by atoms with E-state index in [0.29, 0.717) is 5.56 Å².